The number of rotatable bonds is 2. The van der Waals surface area contributed by atoms with Crippen molar-refractivity contribution in [2.45, 2.75) is 52.6 Å². The standard InChI is InChI=1S/C16H28N2OSi/c1-15(2,3)17-12-13-18(16(4,5)6)20(17)19-14-10-8-7-9-11-14/h7-11,20H,12-13H2,1-6H3. The van der Waals surface area contributed by atoms with Gasteiger partial charge < -0.3 is 4.43 Å². The van der Waals surface area contributed by atoms with Gasteiger partial charge in [0.1, 0.15) is 5.75 Å². The first-order valence-electron chi connectivity index (χ1n) is 7.45. The SMILES string of the molecule is CC(C)(C)N1CCN(C(C)(C)C)[SiH]1Oc1ccccc1. The predicted octanol–water partition coefficient (Wildman–Crippen LogP) is 3.00. The second-order valence-electron chi connectivity index (χ2n) is 7.49. The second kappa shape index (κ2) is 5.51. The van der Waals surface area contributed by atoms with Crippen LogP contribution >= 0.6 is 0 Å². The van der Waals surface area contributed by atoms with Gasteiger partial charge in [0, 0.05) is 24.2 Å². The smallest absolute Gasteiger partial charge is 0.403 e. The Kier molecular flexibility index (Phi) is 4.28. The van der Waals surface area contributed by atoms with E-state index in [0.717, 1.165) is 18.8 Å². The monoisotopic (exact) mass is 292 g/mol. The van der Waals surface area contributed by atoms with Gasteiger partial charge in [-0.15, -0.1) is 0 Å². The zero-order valence-corrected chi connectivity index (χ0v) is 14.8. The molecule has 1 fully saturated rings. The van der Waals surface area contributed by atoms with E-state index < -0.39 is 9.36 Å². The molecule has 20 heavy (non-hydrogen) atoms. The Morgan fingerprint density at radius 1 is 0.850 bits per heavy atom. The third-order valence-corrected chi connectivity index (χ3v) is 7.44. The maximum atomic E-state index is 6.44. The van der Waals surface area contributed by atoms with Crippen LogP contribution in [-0.4, -0.2) is 42.7 Å². The molecule has 112 valence electrons. The Bertz CT molecular complexity index is 414. The van der Waals surface area contributed by atoms with Gasteiger partial charge in [0.15, 0.2) is 0 Å². The minimum Gasteiger partial charge on any atom is -0.520 e. The van der Waals surface area contributed by atoms with E-state index in [-0.39, 0.29) is 11.1 Å². The Labute approximate surface area is 125 Å². The van der Waals surface area contributed by atoms with Gasteiger partial charge in [-0.25, -0.2) is 0 Å². The number of hydrogen-bond acceptors (Lipinski definition) is 3. The van der Waals surface area contributed by atoms with E-state index in [4.69, 9.17) is 4.43 Å². The highest BCUT2D eigenvalue weighted by molar-refractivity contribution is 6.47. The minimum absolute atomic E-state index is 0.158. The Balaban J connectivity index is 2.25. The summed E-state index contributed by atoms with van der Waals surface area (Å²) in [7, 11) is -1.62. The molecule has 1 saturated heterocycles. The second-order valence-corrected chi connectivity index (χ2v) is 9.62. The molecule has 0 spiro atoms. The van der Waals surface area contributed by atoms with Crippen molar-refractivity contribution >= 4 is 9.36 Å². The molecule has 0 radical (unpaired) electrons. The zero-order valence-electron chi connectivity index (χ0n) is 13.7. The largest absolute Gasteiger partial charge is 0.520 e. The van der Waals surface area contributed by atoms with E-state index >= 15 is 0 Å². The first-order chi connectivity index (χ1) is 9.19. The molecule has 1 aliphatic rings. The highest BCUT2D eigenvalue weighted by atomic mass is 28.3. The fourth-order valence-corrected chi connectivity index (χ4v) is 5.68. The van der Waals surface area contributed by atoms with Crippen LogP contribution in [0, 0.1) is 0 Å². The van der Waals surface area contributed by atoms with Crippen molar-refractivity contribution in [3.63, 3.8) is 0 Å². The van der Waals surface area contributed by atoms with E-state index in [2.05, 4.69) is 62.8 Å². The number of nitrogens with zero attached hydrogens (tertiary/aromatic N) is 2. The Morgan fingerprint density at radius 3 is 1.70 bits per heavy atom. The van der Waals surface area contributed by atoms with Crippen LogP contribution in [0.2, 0.25) is 0 Å². The summed E-state index contributed by atoms with van der Waals surface area (Å²) in [5, 5.41) is 0. The third kappa shape index (κ3) is 3.43. The van der Waals surface area contributed by atoms with Crippen LogP contribution in [0.3, 0.4) is 0 Å². The Morgan fingerprint density at radius 2 is 1.30 bits per heavy atom. The molecule has 1 heterocycles. The van der Waals surface area contributed by atoms with Crippen molar-refractivity contribution in [2.75, 3.05) is 13.1 Å². The van der Waals surface area contributed by atoms with Crippen LogP contribution in [0.25, 0.3) is 0 Å². The van der Waals surface area contributed by atoms with Crippen molar-refractivity contribution in [2.24, 2.45) is 0 Å². The van der Waals surface area contributed by atoms with Crippen molar-refractivity contribution in [1.82, 2.24) is 9.13 Å². The van der Waals surface area contributed by atoms with Crippen LogP contribution in [0.4, 0.5) is 0 Å². The lowest BCUT2D eigenvalue weighted by Gasteiger charge is -2.41. The molecule has 0 aliphatic carbocycles. The lowest BCUT2D eigenvalue weighted by molar-refractivity contribution is 0.222. The highest BCUT2D eigenvalue weighted by Crippen LogP contribution is 2.29. The summed E-state index contributed by atoms with van der Waals surface area (Å²) in [6, 6.07) is 10.2. The van der Waals surface area contributed by atoms with Crippen LogP contribution in [-0.2, 0) is 0 Å². The minimum atomic E-state index is -1.62. The lowest BCUT2D eigenvalue weighted by Crippen LogP contribution is -2.59. The van der Waals surface area contributed by atoms with Crippen LogP contribution in [0.1, 0.15) is 41.5 Å². The third-order valence-electron chi connectivity index (χ3n) is 3.82. The molecule has 2 rings (SSSR count). The number of benzene rings is 1. The summed E-state index contributed by atoms with van der Waals surface area (Å²) >= 11 is 0. The molecular weight excluding hydrogens is 264 g/mol. The number of para-hydroxylation sites is 1. The average molecular weight is 292 g/mol. The van der Waals surface area contributed by atoms with Gasteiger partial charge in [0.05, 0.1) is 0 Å². The summed E-state index contributed by atoms with van der Waals surface area (Å²) in [4.78, 5) is 0. The molecule has 0 bridgehead atoms. The lowest BCUT2D eigenvalue weighted by atomic mass is 10.1. The Hall–Kier alpha value is -0.843. The average Bonchev–Trinajstić information content (AvgIpc) is 2.73. The summed E-state index contributed by atoms with van der Waals surface area (Å²) < 4.78 is 11.6. The van der Waals surface area contributed by atoms with Gasteiger partial charge in [-0.05, 0) is 53.7 Å². The zero-order chi connectivity index (χ0) is 15.0. The molecule has 0 saturated carbocycles. The van der Waals surface area contributed by atoms with E-state index in [9.17, 15) is 0 Å². The van der Waals surface area contributed by atoms with E-state index in [1.807, 2.05) is 18.2 Å². The topological polar surface area (TPSA) is 15.7 Å². The molecule has 0 atom stereocenters. The van der Waals surface area contributed by atoms with Gasteiger partial charge in [0.25, 0.3) is 0 Å². The normalized spacial score (nSPS) is 19.5. The fourth-order valence-electron chi connectivity index (χ4n) is 2.69. The van der Waals surface area contributed by atoms with Gasteiger partial charge in [-0.2, -0.15) is 0 Å². The molecule has 1 aromatic carbocycles. The van der Waals surface area contributed by atoms with Crippen LogP contribution < -0.4 is 4.43 Å². The summed E-state index contributed by atoms with van der Waals surface area (Å²) in [5.41, 5.74) is 0.317. The molecule has 1 aromatic rings. The first-order valence-corrected chi connectivity index (χ1v) is 8.95. The highest BCUT2D eigenvalue weighted by Gasteiger charge is 2.46. The maximum absolute atomic E-state index is 6.44. The predicted molar refractivity (Wildman–Crippen MR) is 87.1 cm³/mol. The first kappa shape index (κ1) is 15.5. The van der Waals surface area contributed by atoms with Crippen molar-refractivity contribution in [3.05, 3.63) is 30.3 Å². The fraction of sp³-hybridized carbons (Fsp3) is 0.625. The molecule has 3 nitrogen and oxygen atoms in total. The molecule has 0 N–H and O–H groups in total. The molecular formula is C16H28N2OSi. The quantitative estimate of drug-likeness (QED) is 0.779. The van der Waals surface area contributed by atoms with Crippen molar-refractivity contribution in [1.29, 1.82) is 0 Å². The van der Waals surface area contributed by atoms with Crippen LogP contribution in [0.15, 0.2) is 30.3 Å². The van der Waals surface area contributed by atoms with E-state index in [0.29, 0.717) is 0 Å². The maximum Gasteiger partial charge on any atom is 0.403 e. The molecule has 1 aliphatic heterocycles. The van der Waals surface area contributed by atoms with Gasteiger partial charge in [0.2, 0.25) is 0 Å². The van der Waals surface area contributed by atoms with Crippen LogP contribution in [0.5, 0.6) is 5.75 Å². The van der Waals surface area contributed by atoms with Gasteiger partial charge in [-0.3, -0.25) is 9.13 Å². The molecule has 4 heteroatoms. The summed E-state index contributed by atoms with van der Waals surface area (Å²) in [6.45, 7) is 15.9. The van der Waals surface area contributed by atoms with E-state index in [1.165, 1.54) is 0 Å². The molecule has 0 amide bonds. The van der Waals surface area contributed by atoms with Crippen molar-refractivity contribution < 1.29 is 4.43 Å². The molecule has 0 unspecified atom stereocenters. The molecule has 0 aromatic heterocycles. The number of hydrogen-bond donors (Lipinski definition) is 0. The van der Waals surface area contributed by atoms with E-state index in [1.54, 1.807) is 0 Å². The van der Waals surface area contributed by atoms with Crippen molar-refractivity contribution in [3.8, 4) is 5.75 Å². The van der Waals surface area contributed by atoms with Gasteiger partial charge >= 0.3 is 9.36 Å². The summed E-state index contributed by atoms with van der Waals surface area (Å²) in [5.74, 6) is 0.995. The summed E-state index contributed by atoms with van der Waals surface area (Å²) in [6.07, 6.45) is 0. The van der Waals surface area contributed by atoms with Gasteiger partial charge in [-0.1, -0.05) is 18.2 Å².